The van der Waals surface area contributed by atoms with Crippen molar-refractivity contribution in [1.29, 1.82) is 0 Å². The number of benzene rings is 1. The zero-order chi connectivity index (χ0) is 13.5. The molecule has 1 rings (SSSR count). The van der Waals surface area contributed by atoms with Crippen LogP contribution in [0.5, 0.6) is 0 Å². The van der Waals surface area contributed by atoms with E-state index < -0.39 is 5.82 Å². The van der Waals surface area contributed by atoms with Crippen molar-refractivity contribution in [3.63, 3.8) is 0 Å². The maximum atomic E-state index is 13.6. The van der Waals surface area contributed by atoms with Crippen molar-refractivity contribution >= 4 is 5.91 Å². The van der Waals surface area contributed by atoms with E-state index in [9.17, 15) is 9.18 Å². The third-order valence-electron chi connectivity index (χ3n) is 3.09. The number of carbonyl (C=O) groups is 1. The van der Waals surface area contributed by atoms with Crippen LogP contribution in [0.2, 0.25) is 0 Å². The molecule has 4 heteroatoms. The van der Waals surface area contributed by atoms with Gasteiger partial charge >= 0.3 is 0 Å². The molecule has 100 valence electrons. The second-order valence-electron chi connectivity index (χ2n) is 4.17. The summed E-state index contributed by atoms with van der Waals surface area (Å²) in [7, 11) is 0. The minimum atomic E-state index is -0.517. The summed E-state index contributed by atoms with van der Waals surface area (Å²) in [5, 5.41) is 9.05. The number of aliphatic hydroxyl groups excluding tert-OH is 1. The first-order chi connectivity index (χ1) is 8.65. The molecular formula is C14H20FNO2. The fraction of sp³-hybridized carbons (Fsp3) is 0.500. The average Bonchev–Trinajstić information content (AvgIpc) is 2.39. The highest BCUT2D eigenvalue weighted by atomic mass is 19.1. The van der Waals surface area contributed by atoms with Gasteiger partial charge in [0, 0.05) is 12.6 Å². The van der Waals surface area contributed by atoms with Gasteiger partial charge in [0.2, 0.25) is 0 Å². The van der Waals surface area contributed by atoms with E-state index in [2.05, 4.69) is 0 Å². The van der Waals surface area contributed by atoms with Crippen LogP contribution in [0.15, 0.2) is 24.3 Å². The van der Waals surface area contributed by atoms with Crippen LogP contribution in [0, 0.1) is 5.82 Å². The Bertz CT molecular complexity index is 391. The number of carbonyl (C=O) groups excluding carboxylic acids is 1. The largest absolute Gasteiger partial charge is 0.395 e. The van der Waals surface area contributed by atoms with E-state index in [1.807, 2.05) is 13.8 Å². The highest BCUT2D eigenvalue weighted by Gasteiger charge is 2.23. The van der Waals surface area contributed by atoms with Gasteiger partial charge in [-0.15, -0.1) is 0 Å². The van der Waals surface area contributed by atoms with Gasteiger partial charge in [0.05, 0.1) is 12.2 Å². The summed E-state index contributed by atoms with van der Waals surface area (Å²) in [5.74, 6) is -0.868. The van der Waals surface area contributed by atoms with Gasteiger partial charge in [-0.05, 0) is 25.0 Å². The number of aliphatic hydroxyl groups is 1. The van der Waals surface area contributed by atoms with E-state index in [0.29, 0.717) is 0 Å². The lowest BCUT2D eigenvalue weighted by Crippen LogP contribution is -2.41. The van der Waals surface area contributed by atoms with Gasteiger partial charge < -0.3 is 10.0 Å². The number of hydrogen-bond acceptors (Lipinski definition) is 2. The molecule has 3 nitrogen and oxygen atoms in total. The Balaban J connectivity index is 2.99. The summed E-state index contributed by atoms with van der Waals surface area (Å²) in [6, 6.07) is 5.98. The zero-order valence-electron chi connectivity index (χ0n) is 10.9. The van der Waals surface area contributed by atoms with Gasteiger partial charge in [-0.3, -0.25) is 4.79 Å². The van der Waals surface area contributed by atoms with E-state index in [0.717, 1.165) is 12.8 Å². The lowest BCUT2D eigenvalue weighted by molar-refractivity contribution is 0.0617. The van der Waals surface area contributed by atoms with Crippen LogP contribution in [0.4, 0.5) is 4.39 Å². The molecule has 0 heterocycles. The first-order valence-electron chi connectivity index (χ1n) is 6.32. The predicted molar refractivity (Wildman–Crippen MR) is 68.9 cm³/mol. The standard InChI is InChI=1S/C14H20FNO2/c1-3-11(4-2)16(9-10-17)14(18)12-7-5-6-8-13(12)15/h5-8,11,17H,3-4,9-10H2,1-2H3. The van der Waals surface area contributed by atoms with Gasteiger partial charge in [0.1, 0.15) is 5.82 Å². The molecule has 0 saturated carbocycles. The molecule has 0 unspecified atom stereocenters. The highest BCUT2D eigenvalue weighted by Crippen LogP contribution is 2.15. The van der Waals surface area contributed by atoms with Crippen LogP contribution in [-0.2, 0) is 0 Å². The molecule has 0 aromatic heterocycles. The molecule has 0 saturated heterocycles. The molecular weight excluding hydrogens is 233 g/mol. The average molecular weight is 253 g/mol. The third-order valence-corrected chi connectivity index (χ3v) is 3.09. The van der Waals surface area contributed by atoms with Crippen LogP contribution in [0.3, 0.4) is 0 Å². The van der Waals surface area contributed by atoms with Gasteiger partial charge in [-0.1, -0.05) is 26.0 Å². The van der Waals surface area contributed by atoms with E-state index in [1.54, 1.807) is 17.0 Å². The molecule has 1 N–H and O–H groups in total. The Morgan fingerprint density at radius 2 is 1.94 bits per heavy atom. The van der Waals surface area contributed by atoms with Gasteiger partial charge in [-0.25, -0.2) is 4.39 Å². The number of hydrogen-bond donors (Lipinski definition) is 1. The predicted octanol–water partition coefficient (Wildman–Crippen LogP) is 2.45. The highest BCUT2D eigenvalue weighted by molar-refractivity contribution is 5.94. The molecule has 0 bridgehead atoms. The number of nitrogens with zero attached hydrogens (tertiary/aromatic N) is 1. The summed E-state index contributed by atoms with van der Waals surface area (Å²) in [4.78, 5) is 13.8. The molecule has 0 spiro atoms. The molecule has 0 aliphatic heterocycles. The van der Waals surface area contributed by atoms with Crippen LogP contribution in [-0.4, -0.2) is 35.1 Å². The van der Waals surface area contributed by atoms with Crippen LogP contribution >= 0.6 is 0 Å². The third kappa shape index (κ3) is 3.29. The van der Waals surface area contributed by atoms with E-state index in [1.165, 1.54) is 12.1 Å². The van der Waals surface area contributed by atoms with Gasteiger partial charge in [0.15, 0.2) is 0 Å². The second-order valence-corrected chi connectivity index (χ2v) is 4.17. The molecule has 0 fully saturated rings. The van der Waals surface area contributed by atoms with Crippen molar-refractivity contribution in [2.24, 2.45) is 0 Å². The van der Waals surface area contributed by atoms with E-state index >= 15 is 0 Å². The summed E-state index contributed by atoms with van der Waals surface area (Å²) >= 11 is 0. The smallest absolute Gasteiger partial charge is 0.257 e. The summed E-state index contributed by atoms with van der Waals surface area (Å²) in [5.41, 5.74) is 0.0675. The lowest BCUT2D eigenvalue weighted by atomic mass is 10.1. The topological polar surface area (TPSA) is 40.5 Å². The first kappa shape index (κ1) is 14.6. The Morgan fingerprint density at radius 3 is 2.44 bits per heavy atom. The first-order valence-corrected chi connectivity index (χ1v) is 6.32. The van der Waals surface area contributed by atoms with E-state index in [-0.39, 0.29) is 30.7 Å². The summed E-state index contributed by atoms with van der Waals surface area (Å²) in [6.07, 6.45) is 1.58. The SMILES string of the molecule is CCC(CC)N(CCO)C(=O)c1ccccc1F. The molecule has 1 aromatic rings. The van der Waals surface area contributed by atoms with Crippen molar-refractivity contribution in [1.82, 2.24) is 4.90 Å². The van der Waals surface area contributed by atoms with Crippen molar-refractivity contribution < 1.29 is 14.3 Å². The Kier molecular flexibility index (Phi) is 5.78. The quantitative estimate of drug-likeness (QED) is 0.846. The monoisotopic (exact) mass is 253 g/mol. The van der Waals surface area contributed by atoms with Crippen LogP contribution in [0.25, 0.3) is 0 Å². The minimum absolute atomic E-state index is 0.0317. The zero-order valence-corrected chi connectivity index (χ0v) is 10.9. The summed E-state index contributed by atoms with van der Waals surface area (Å²) in [6.45, 7) is 4.08. The normalized spacial score (nSPS) is 10.7. The van der Waals surface area contributed by atoms with Crippen molar-refractivity contribution in [3.8, 4) is 0 Å². The number of halogens is 1. The van der Waals surface area contributed by atoms with Crippen LogP contribution < -0.4 is 0 Å². The van der Waals surface area contributed by atoms with E-state index in [4.69, 9.17) is 5.11 Å². The van der Waals surface area contributed by atoms with Gasteiger partial charge in [-0.2, -0.15) is 0 Å². The molecule has 18 heavy (non-hydrogen) atoms. The number of rotatable bonds is 6. The Labute approximate surface area is 107 Å². The van der Waals surface area contributed by atoms with Crippen molar-refractivity contribution in [2.75, 3.05) is 13.2 Å². The molecule has 1 amide bonds. The van der Waals surface area contributed by atoms with Crippen LogP contribution in [0.1, 0.15) is 37.0 Å². The Hall–Kier alpha value is -1.42. The maximum Gasteiger partial charge on any atom is 0.257 e. The molecule has 0 radical (unpaired) electrons. The van der Waals surface area contributed by atoms with Crippen molar-refractivity contribution in [3.05, 3.63) is 35.6 Å². The minimum Gasteiger partial charge on any atom is -0.395 e. The maximum absolute atomic E-state index is 13.6. The second kappa shape index (κ2) is 7.11. The molecule has 0 atom stereocenters. The van der Waals surface area contributed by atoms with Crippen molar-refractivity contribution in [2.45, 2.75) is 32.7 Å². The fourth-order valence-corrected chi connectivity index (χ4v) is 2.08. The molecule has 0 aliphatic rings. The molecule has 0 aliphatic carbocycles. The fourth-order valence-electron chi connectivity index (χ4n) is 2.08. The lowest BCUT2D eigenvalue weighted by Gasteiger charge is -2.30. The summed E-state index contributed by atoms with van der Waals surface area (Å²) < 4.78 is 13.6. The molecule has 1 aromatic carbocycles. The number of amides is 1. The Morgan fingerprint density at radius 1 is 1.33 bits per heavy atom. The van der Waals surface area contributed by atoms with Gasteiger partial charge in [0.25, 0.3) is 5.91 Å².